The van der Waals surface area contributed by atoms with E-state index >= 15 is 0 Å². The molecule has 0 radical (unpaired) electrons. The van der Waals surface area contributed by atoms with Crippen LogP contribution in [-0.4, -0.2) is 18.0 Å². The molecule has 6 heteroatoms. The Morgan fingerprint density at radius 2 is 2.19 bits per heavy atom. The summed E-state index contributed by atoms with van der Waals surface area (Å²) in [5.41, 5.74) is 0.854. The van der Waals surface area contributed by atoms with Gasteiger partial charge in [-0.25, -0.2) is 9.37 Å². The summed E-state index contributed by atoms with van der Waals surface area (Å²) in [5, 5.41) is 2.62. The molecule has 1 aromatic carbocycles. The topological polar surface area (TPSA) is 51.2 Å². The third-order valence-corrected chi connectivity index (χ3v) is 3.08. The van der Waals surface area contributed by atoms with Crippen molar-refractivity contribution in [2.24, 2.45) is 0 Å². The third kappa shape index (κ3) is 4.39. The summed E-state index contributed by atoms with van der Waals surface area (Å²) in [6, 6.07) is 7.81. The Kier molecular flexibility index (Phi) is 5.05. The van der Waals surface area contributed by atoms with Crippen LogP contribution in [0, 0.1) is 5.82 Å². The number of anilines is 1. The largest absolute Gasteiger partial charge is 0.481 e. The van der Waals surface area contributed by atoms with Gasteiger partial charge in [-0.3, -0.25) is 4.79 Å². The molecule has 1 heterocycles. The SMILES string of the molecule is COc1ccc(NC(=O)/C=C/c2cc(Br)ccc2F)cn1. The summed E-state index contributed by atoms with van der Waals surface area (Å²) in [5.74, 6) is -0.311. The summed E-state index contributed by atoms with van der Waals surface area (Å²) in [7, 11) is 1.51. The molecule has 108 valence electrons. The quantitative estimate of drug-likeness (QED) is 0.856. The standard InChI is InChI=1S/C15H12BrFN2O2/c1-21-15-7-4-12(9-18-15)19-14(20)6-2-10-8-11(16)3-5-13(10)17/h2-9H,1H3,(H,19,20)/b6-2+. The lowest BCUT2D eigenvalue weighted by molar-refractivity contribution is -0.111. The number of benzene rings is 1. The van der Waals surface area contributed by atoms with Crippen molar-refractivity contribution < 1.29 is 13.9 Å². The van der Waals surface area contributed by atoms with Crippen LogP contribution in [0.5, 0.6) is 5.88 Å². The van der Waals surface area contributed by atoms with Crippen LogP contribution in [0.15, 0.2) is 47.1 Å². The van der Waals surface area contributed by atoms with Crippen molar-refractivity contribution in [2.45, 2.75) is 0 Å². The van der Waals surface area contributed by atoms with E-state index in [9.17, 15) is 9.18 Å². The van der Waals surface area contributed by atoms with Gasteiger partial charge in [-0.2, -0.15) is 0 Å². The first-order chi connectivity index (χ1) is 10.1. The molecular weight excluding hydrogens is 339 g/mol. The minimum atomic E-state index is -0.395. The number of nitrogens with one attached hydrogen (secondary N) is 1. The van der Waals surface area contributed by atoms with E-state index in [0.29, 0.717) is 17.1 Å². The lowest BCUT2D eigenvalue weighted by Gasteiger charge is -2.03. The maximum absolute atomic E-state index is 13.5. The normalized spacial score (nSPS) is 10.6. The van der Waals surface area contributed by atoms with E-state index in [-0.39, 0.29) is 5.91 Å². The maximum Gasteiger partial charge on any atom is 0.248 e. The number of methoxy groups -OCH3 is 1. The van der Waals surface area contributed by atoms with Gasteiger partial charge in [0.15, 0.2) is 0 Å². The second-order valence-electron chi connectivity index (χ2n) is 4.08. The van der Waals surface area contributed by atoms with Crippen molar-refractivity contribution in [3.05, 3.63) is 58.5 Å². The van der Waals surface area contributed by atoms with Crippen molar-refractivity contribution in [1.29, 1.82) is 0 Å². The minimum Gasteiger partial charge on any atom is -0.481 e. The first-order valence-electron chi connectivity index (χ1n) is 6.02. The van der Waals surface area contributed by atoms with Crippen LogP contribution < -0.4 is 10.1 Å². The van der Waals surface area contributed by atoms with Gasteiger partial charge < -0.3 is 10.1 Å². The van der Waals surface area contributed by atoms with Crippen molar-refractivity contribution in [1.82, 2.24) is 4.98 Å². The molecule has 0 aliphatic heterocycles. The van der Waals surface area contributed by atoms with Gasteiger partial charge in [0.05, 0.1) is 19.0 Å². The summed E-state index contributed by atoms with van der Waals surface area (Å²) < 4.78 is 19.2. The van der Waals surface area contributed by atoms with E-state index in [1.54, 1.807) is 24.3 Å². The Morgan fingerprint density at radius 3 is 2.86 bits per heavy atom. The van der Waals surface area contributed by atoms with E-state index < -0.39 is 5.82 Å². The fourth-order valence-electron chi connectivity index (χ4n) is 1.57. The average molecular weight is 351 g/mol. The fraction of sp³-hybridized carbons (Fsp3) is 0.0667. The zero-order valence-corrected chi connectivity index (χ0v) is 12.7. The van der Waals surface area contributed by atoms with Gasteiger partial charge in [-0.15, -0.1) is 0 Å². The van der Waals surface area contributed by atoms with Gasteiger partial charge in [-0.05, 0) is 30.3 Å². The number of carbonyl (C=O) groups excluding carboxylic acids is 1. The fourth-order valence-corrected chi connectivity index (χ4v) is 1.95. The summed E-state index contributed by atoms with van der Waals surface area (Å²) in [6.45, 7) is 0. The van der Waals surface area contributed by atoms with Crippen molar-refractivity contribution in [2.75, 3.05) is 12.4 Å². The van der Waals surface area contributed by atoms with E-state index in [1.807, 2.05) is 0 Å². The molecule has 1 aromatic heterocycles. The van der Waals surface area contributed by atoms with Crippen LogP contribution in [0.25, 0.3) is 6.08 Å². The Bertz CT molecular complexity index is 672. The average Bonchev–Trinajstić information content (AvgIpc) is 2.49. The number of amides is 1. The van der Waals surface area contributed by atoms with Crippen molar-refractivity contribution in [3.63, 3.8) is 0 Å². The number of nitrogens with zero attached hydrogens (tertiary/aromatic N) is 1. The Labute approximate surface area is 129 Å². The molecule has 1 N–H and O–H groups in total. The van der Waals surface area contributed by atoms with Crippen molar-refractivity contribution in [3.8, 4) is 5.88 Å². The van der Waals surface area contributed by atoms with Gasteiger partial charge >= 0.3 is 0 Å². The number of pyridine rings is 1. The van der Waals surface area contributed by atoms with E-state index in [0.717, 1.165) is 4.47 Å². The molecule has 0 atom stereocenters. The minimum absolute atomic E-state index is 0.326. The van der Waals surface area contributed by atoms with Crippen LogP contribution >= 0.6 is 15.9 Å². The smallest absolute Gasteiger partial charge is 0.248 e. The number of hydrogen-bond acceptors (Lipinski definition) is 3. The van der Waals surface area contributed by atoms with Crippen LogP contribution in [0.3, 0.4) is 0 Å². The molecule has 4 nitrogen and oxygen atoms in total. The maximum atomic E-state index is 13.5. The summed E-state index contributed by atoms with van der Waals surface area (Å²) in [6.07, 6.45) is 4.14. The number of hydrogen-bond donors (Lipinski definition) is 1. The summed E-state index contributed by atoms with van der Waals surface area (Å²) in [4.78, 5) is 15.7. The highest BCUT2D eigenvalue weighted by molar-refractivity contribution is 9.10. The van der Waals surface area contributed by atoms with Crippen LogP contribution in [-0.2, 0) is 4.79 Å². The monoisotopic (exact) mass is 350 g/mol. The predicted molar refractivity (Wildman–Crippen MR) is 82.6 cm³/mol. The number of carbonyl (C=O) groups is 1. The lowest BCUT2D eigenvalue weighted by Crippen LogP contribution is -2.08. The van der Waals surface area contributed by atoms with Gasteiger partial charge in [0, 0.05) is 22.2 Å². The lowest BCUT2D eigenvalue weighted by atomic mass is 10.2. The molecule has 0 saturated heterocycles. The molecule has 0 fully saturated rings. The number of aromatic nitrogens is 1. The Hall–Kier alpha value is -2.21. The van der Waals surface area contributed by atoms with Gasteiger partial charge in [0.1, 0.15) is 5.82 Å². The second kappa shape index (κ2) is 6.99. The Balaban J connectivity index is 2.03. The van der Waals surface area contributed by atoms with Gasteiger partial charge in [-0.1, -0.05) is 15.9 Å². The van der Waals surface area contributed by atoms with Crippen LogP contribution in [0.2, 0.25) is 0 Å². The van der Waals surface area contributed by atoms with Crippen LogP contribution in [0.1, 0.15) is 5.56 Å². The molecule has 1 amide bonds. The molecule has 0 aliphatic rings. The number of rotatable bonds is 4. The van der Waals surface area contributed by atoms with Crippen molar-refractivity contribution >= 4 is 33.6 Å². The molecule has 2 rings (SSSR count). The molecule has 0 aliphatic carbocycles. The molecule has 21 heavy (non-hydrogen) atoms. The predicted octanol–water partition coefficient (Wildman–Crippen LogP) is 3.64. The van der Waals surface area contributed by atoms with E-state index in [1.165, 1.54) is 31.5 Å². The highest BCUT2D eigenvalue weighted by Gasteiger charge is 2.02. The third-order valence-electron chi connectivity index (χ3n) is 2.59. The highest BCUT2D eigenvalue weighted by Crippen LogP contribution is 2.17. The second-order valence-corrected chi connectivity index (χ2v) is 4.99. The molecule has 0 saturated carbocycles. The molecule has 2 aromatic rings. The van der Waals surface area contributed by atoms with Crippen LogP contribution in [0.4, 0.5) is 10.1 Å². The highest BCUT2D eigenvalue weighted by atomic mass is 79.9. The molecule has 0 bridgehead atoms. The number of halogens is 2. The first kappa shape index (κ1) is 15.2. The first-order valence-corrected chi connectivity index (χ1v) is 6.82. The Morgan fingerprint density at radius 1 is 1.38 bits per heavy atom. The molecular formula is C15H12BrFN2O2. The summed E-state index contributed by atoms with van der Waals surface area (Å²) >= 11 is 3.25. The molecule has 0 spiro atoms. The van der Waals surface area contributed by atoms with Gasteiger partial charge in [0.2, 0.25) is 11.8 Å². The molecule has 0 unspecified atom stereocenters. The van der Waals surface area contributed by atoms with Gasteiger partial charge in [0.25, 0.3) is 0 Å². The zero-order valence-electron chi connectivity index (χ0n) is 11.1. The van der Waals surface area contributed by atoms with E-state index in [2.05, 4.69) is 26.2 Å². The number of ether oxygens (including phenoxy) is 1. The zero-order chi connectivity index (χ0) is 15.2. The van der Waals surface area contributed by atoms with E-state index in [4.69, 9.17) is 4.74 Å².